The zero-order valence-corrected chi connectivity index (χ0v) is 13.6. The Hall–Kier alpha value is -0.310. The first-order valence-corrected chi connectivity index (χ1v) is 10.1. The second kappa shape index (κ2) is 6.43. The van der Waals surface area contributed by atoms with Crippen LogP contribution in [0.25, 0.3) is 0 Å². The third-order valence-corrected chi connectivity index (χ3v) is 6.59. The summed E-state index contributed by atoms with van der Waals surface area (Å²) < 4.78 is 23.7. The van der Waals surface area contributed by atoms with E-state index in [2.05, 4.69) is 17.2 Å². The molecule has 19 heavy (non-hydrogen) atoms. The van der Waals surface area contributed by atoms with Gasteiger partial charge >= 0.3 is 0 Å². The zero-order chi connectivity index (χ0) is 13.9. The molecule has 1 aromatic rings. The number of anilines is 1. The minimum Gasteiger partial charge on any atom is -0.330 e. The number of nitrogens with zero attached hydrogens (tertiary/aromatic N) is 2. The molecule has 108 valence electrons. The lowest BCUT2D eigenvalue weighted by Crippen LogP contribution is -2.47. The number of thiazole rings is 1. The lowest BCUT2D eigenvalue weighted by atomic mass is 10.5. The van der Waals surface area contributed by atoms with E-state index in [0.29, 0.717) is 5.75 Å². The summed E-state index contributed by atoms with van der Waals surface area (Å²) >= 11 is 3.27. The number of hydrogen-bond acceptors (Lipinski definition) is 7. The predicted molar refractivity (Wildman–Crippen MR) is 82.8 cm³/mol. The van der Waals surface area contributed by atoms with Gasteiger partial charge in [0.2, 0.25) is 0 Å². The van der Waals surface area contributed by atoms with Crippen LogP contribution in [0.3, 0.4) is 0 Å². The highest BCUT2D eigenvalue weighted by Crippen LogP contribution is 2.30. The number of rotatable bonds is 5. The van der Waals surface area contributed by atoms with Gasteiger partial charge in [0, 0.05) is 41.9 Å². The van der Waals surface area contributed by atoms with Gasteiger partial charge in [-0.25, -0.2) is 13.4 Å². The third-order valence-electron chi connectivity index (χ3n) is 2.92. The average molecular weight is 321 g/mol. The molecule has 1 N–H and O–H groups in total. The Kier molecular flexibility index (Phi) is 5.10. The summed E-state index contributed by atoms with van der Waals surface area (Å²) in [6.45, 7) is 4.51. The van der Waals surface area contributed by atoms with Crippen molar-refractivity contribution in [1.29, 1.82) is 0 Å². The van der Waals surface area contributed by atoms with Crippen molar-refractivity contribution >= 4 is 38.1 Å². The minimum absolute atomic E-state index is 0.440. The van der Waals surface area contributed by atoms with E-state index in [1.165, 1.54) is 6.26 Å². The van der Waals surface area contributed by atoms with Crippen molar-refractivity contribution in [1.82, 2.24) is 10.3 Å². The van der Waals surface area contributed by atoms with Gasteiger partial charge in [0.25, 0.3) is 0 Å². The Morgan fingerprint density at radius 1 is 1.58 bits per heavy atom. The molecule has 5 nitrogen and oxygen atoms in total. The standard InChI is InChI=1S/C11H19N3O2S3/c1-3-12-6-9-7-13-11(18-9)14-4-5-17-8-10(14)19(2,15)16/h7,10,12H,3-6,8H2,1-2H3. The molecule has 1 aromatic heterocycles. The van der Waals surface area contributed by atoms with Gasteiger partial charge in [-0.3, -0.25) is 0 Å². The van der Waals surface area contributed by atoms with Crippen LogP contribution in [0.15, 0.2) is 6.20 Å². The fourth-order valence-electron chi connectivity index (χ4n) is 1.91. The molecule has 0 aromatic carbocycles. The Morgan fingerprint density at radius 3 is 3.05 bits per heavy atom. The van der Waals surface area contributed by atoms with E-state index in [9.17, 15) is 8.42 Å². The van der Waals surface area contributed by atoms with Crippen molar-refractivity contribution in [3.8, 4) is 0 Å². The molecule has 1 fully saturated rings. The van der Waals surface area contributed by atoms with Gasteiger partial charge in [-0.2, -0.15) is 11.8 Å². The van der Waals surface area contributed by atoms with Crippen LogP contribution >= 0.6 is 23.1 Å². The number of nitrogens with one attached hydrogen (secondary N) is 1. The summed E-state index contributed by atoms with van der Waals surface area (Å²) in [7, 11) is -3.07. The summed E-state index contributed by atoms with van der Waals surface area (Å²) in [5.41, 5.74) is 0. The Balaban J connectivity index is 2.16. The van der Waals surface area contributed by atoms with Gasteiger partial charge in [0.1, 0.15) is 5.37 Å². The van der Waals surface area contributed by atoms with Crippen molar-refractivity contribution in [2.75, 3.05) is 35.8 Å². The fraction of sp³-hybridized carbons (Fsp3) is 0.727. The topological polar surface area (TPSA) is 62.3 Å². The molecule has 0 radical (unpaired) electrons. The molecule has 1 aliphatic heterocycles. The highest BCUT2D eigenvalue weighted by Gasteiger charge is 2.32. The molecular formula is C11H19N3O2S3. The summed E-state index contributed by atoms with van der Waals surface area (Å²) in [6.07, 6.45) is 3.15. The first-order valence-electron chi connectivity index (χ1n) is 6.21. The normalized spacial score (nSPS) is 20.7. The van der Waals surface area contributed by atoms with Crippen molar-refractivity contribution in [3.63, 3.8) is 0 Å². The molecule has 1 unspecified atom stereocenters. The molecular weight excluding hydrogens is 302 g/mol. The average Bonchev–Trinajstić information content (AvgIpc) is 2.84. The molecule has 2 rings (SSSR count). The number of aromatic nitrogens is 1. The monoisotopic (exact) mass is 321 g/mol. The Bertz CT molecular complexity index is 515. The number of hydrogen-bond donors (Lipinski definition) is 1. The molecule has 8 heteroatoms. The van der Waals surface area contributed by atoms with Crippen molar-refractivity contribution in [3.05, 3.63) is 11.1 Å². The Morgan fingerprint density at radius 2 is 2.37 bits per heavy atom. The summed E-state index contributed by atoms with van der Waals surface area (Å²) in [4.78, 5) is 7.46. The smallest absolute Gasteiger partial charge is 0.186 e. The maximum Gasteiger partial charge on any atom is 0.186 e. The maximum absolute atomic E-state index is 11.9. The molecule has 1 aliphatic rings. The van der Waals surface area contributed by atoms with Crippen LogP contribution < -0.4 is 10.2 Å². The van der Waals surface area contributed by atoms with Crippen LogP contribution in [0, 0.1) is 0 Å². The molecule has 2 heterocycles. The molecule has 0 bridgehead atoms. The van der Waals surface area contributed by atoms with E-state index in [0.717, 1.165) is 35.4 Å². The minimum atomic E-state index is -3.07. The molecule has 1 saturated heterocycles. The van der Waals surface area contributed by atoms with E-state index in [-0.39, 0.29) is 0 Å². The highest BCUT2D eigenvalue weighted by molar-refractivity contribution is 8.01. The number of thioether (sulfide) groups is 1. The van der Waals surface area contributed by atoms with Gasteiger partial charge in [0.05, 0.1) is 0 Å². The van der Waals surface area contributed by atoms with E-state index in [4.69, 9.17) is 0 Å². The summed E-state index contributed by atoms with van der Waals surface area (Å²) in [5, 5.41) is 3.63. The maximum atomic E-state index is 11.9. The summed E-state index contributed by atoms with van der Waals surface area (Å²) in [5.74, 6) is 1.58. The SMILES string of the molecule is CCNCc1cnc(N2CCSCC2S(C)(=O)=O)s1. The van der Waals surface area contributed by atoms with Crippen LogP contribution in [0.2, 0.25) is 0 Å². The lowest BCUT2D eigenvalue weighted by Gasteiger charge is -2.33. The molecule has 1 atom stereocenters. The van der Waals surface area contributed by atoms with Crippen molar-refractivity contribution in [2.24, 2.45) is 0 Å². The fourth-order valence-corrected chi connectivity index (χ4v) is 5.76. The van der Waals surface area contributed by atoms with Gasteiger partial charge in [-0.05, 0) is 6.54 Å². The molecule has 0 spiro atoms. The molecule has 0 amide bonds. The van der Waals surface area contributed by atoms with Crippen LogP contribution in [-0.2, 0) is 16.4 Å². The van der Waals surface area contributed by atoms with E-state index < -0.39 is 15.2 Å². The molecule has 0 aliphatic carbocycles. The van der Waals surface area contributed by atoms with E-state index in [1.807, 2.05) is 11.1 Å². The van der Waals surface area contributed by atoms with Crippen molar-refractivity contribution < 1.29 is 8.42 Å². The first kappa shape index (κ1) is 15.1. The van der Waals surface area contributed by atoms with Gasteiger partial charge in [0.15, 0.2) is 15.0 Å². The van der Waals surface area contributed by atoms with Crippen LogP contribution in [0.5, 0.6) is 0 Å². The Labute approximate surface area is 122 Å². The van der Waals surface area contributed by atoms with Crippen molar-refractivity contribution in [2.45, 2.75) is 18.8 Å². The third kappa shape index (κ3) is 3.84. The largest absolute Gasteiger partial charge is 0.330 e. The van der Waals surface area contributed by atoms with Crippen LogP contribution in [-0.4, -0.2) is 49.6 Å². The predicted octanol–water partition coefficient (Wildman–Crippen LogP) is 1.18. The quantitative estimate of drug-likeness (QED) is 0.878. The second-order valence-corrected chi connectivity index (χ2v) is 8.89. The van der Waals surface area contributed by atoms with Gasteiger partial charge in [-0.15, -0.1) is 11.3 Å². The van der Waals surface area contributed by atoms with Crippen LogP contribution in [0.1, 0.15) is 11.8 Å². The lowest BCUT2D eigenvalue weighted by molar-refractivity contribution is 0.584. The van der Waals surface area contributed by atoms with Crippen LogP contribution in [0.4, 0.5) is 5.13 Å². The number of sulfone groups is 1. The second-order valence-electron chi connectivity index (χ2n) is 4.44. The van der Waals surface area contributed by atoms with Gasteiger partial charge < -0.3 is 10.2 Å². The van der Waals surface area contributed by atoms with E-state index in [1.54, 1.807) is 23.1 Å². The van der Waals surface area contributed by atoms with E-state index >= 15 is 0 Å². The molecule has 0 saturated carbocycles. The first-order chi connectivity index (χ1) is 9.02. The zero-order valence-electron chi connectivity index (χ0n) is 11.1. The van der Waals surface area contributed by atoms with Gasteiger partial charge in [-0.1, -0.05) is 6.92 Å². The summed E-state index contributed by atoms with van der Waals surface area (Å²) in [6, 6.07) is 0. The highest BCUT2D eigenvalue weighted by atomic mass is 32.2.